The van der Waals surface area contributed by atoms with E-state index in [-0.39, 0.29) is 5.66 Å². The summed E-state index contributed by atoms with van der Waals surface area (Å²) in [6.45, 7) is 15.1. The van der Waals surface area contributed by atoms with Crippen LogP contribution in [0.1, 0.15) is 44.5 Å². The van der Waals surface area contributed by atoms with E-state index in [9.17, 15) is 0 Å². The molecule has 0 radical (unpaired) electrons. The van der Waals surface area contributed by atoms with Gasteiger partial charge in [-0.2, -0.15) is 0 Å². The van der Waals surface area contributed by atoms with Gasteiger partial charge in [0.25, 0.3) is 0 Å². The number of benzene rings is 3. The van der Waals surface area contributed by atoms with Gasteiger partial charge in [0, 0.05) is 36.4 Å². The lowest BCUT2D eigenvalue weighted by atomic mass is 9.74. The van der Waals surface area contributed by atoms with E-state index >= 15 is 0 Å². The van der Waals surface area contributed by atoms with Gasteiger partial charge < -0.3 is 9.80 Å². The van der Waals surface area contributed by atoms with Crippen LogP contribution in [0.25, 0.3) is 0 Å². The molecule has 1 saturated heterocycles. The van der Waals surface area contributed by atoms with Crippen molar-refractivity contribution in [1.29, 1.82) is 0 Å². The molecule has 0 bridgehead atoms. The quantitative estimate of drug-likeness (QED) is 0.385. The van der Waals surface area contributed by atoms with Crippen LogP contribution in [0.3, 0.4) is 0 Å². The van der Waals surface area contributed by atoms with Gasteiger partial charge in [0.1, 0.15) is 5.66 Å². The predicted octanol–water partition coefficient (Wildman–Crippen LogP) is 7.58. The summed E-state index contributed by atoms with van der Waals surface area (Å²) in [6.07, 6.45) is 0.929. The molecular formula is C28H30Cl2N2. The second-order valence-electron chi connectivity index (χ2n) is 9.69. The van der Waals surface area contributed by atoms with Gasteiger partial charge in [-0.15, -0.1) is 0 Å². The van der Waals surface area contributed by atoms with Crippen molar-refractivity contribution >= 4 is 34.6 Å². The molecule has 1 aliphatic carbocycles. The number of anilines is 2. The van der Waals surface area contributed by atoms with E-state index in [1.165, 1.54) is 55.9 Å². The first-order valence-electron chi connectivity index (χ1n) is 11.3. The van der Waals surface area contributed by atoms with Gasteiger partial charge in [0.05, 0.1) is 10.0 Å². The Kier molecular flexibility index (Phi) is 5.03. The molecule has 0 amide bonds. The molecule has 4 heteroatoms. The number of nitrogens with zero attached hydrogens (tertiary/aromatic N) is 2. The van der Waals surface area contributed by atoms with Crippen LogP contribution >= 0.6 is 23.2 Å². The van der Waals surface area contributed by atoms with Crippen molar-refractivity contribution in [3.05, 3.63) is 91.0 Å². The number of aryl methyl sites for hydroxylation is 6. The maximum Gasteiger partial charge on any atom is 0.145 e. The number of fused-ring (bicyclic) bond motifs is 2. The highest BCUT2D eigenvalue weighted by atomic mass is 35.5. The lowest BCUT2D eigenvalue weighted by Gasteiger charge is -2.54. The smallest absolute Gasteiger partial charge is 0.145 e. The van der Waals surface area contributed by atoms with Crippen molar-refractivity contribution < 1.29 is 0 Å². The van der Waals surface area contributed by atoms with Crippen molar-refractivity contribution in [2.45, 2.75) is 53.6 Å². The normalized spacial score (nSPS) is 16.5. The van der Waals surface area contributed by atoms with Gasteiger partial charge in [0.15, 0.2) is 0 Å². The van der Waals surface area contributed by atoms with Crippen molar-refractivity contribution in [2.24, 2.45) is 0 Å². The fourth-order valence-corrected chi connectivity index (χ4v) is 6.88. The Morgan fingerprint density at radius 1 is 0.688 bits per heavy atom. The Bertz CT molecular complexity index is 1150. The molecule has 3 aromatic carbocycles. The second kappa shape index (κ2) is 7.43. The lowest BCUT2D eigenvalue weighted by Crippen LogP contribution is -2.59. The number of rotatable bonds is 2. The van der Waals surface area contributed by atoms with Crippen LogP contribution in [-0.2, 0) is 12.1 Å². The van der Waals surface area contributed by atoms with Gasteiger partial charge in [-0.3, -0.25) is 0 Å². The fraction of sp³-hybridized carbons (Fsp3) is 0.357. The number of hydrogen-bond donors (Lipinski definition) is 0. The third-order valence-electron chi connectivity index (χ3n) is 7.27. The van der Waals surface area contributed by atoms with Gasteiger partial charge in [-0.25, -0.2) is 0 Å². The van der Waals surface area contributed by atoms with Crippen LogP contribution in [0.5, 0.6) is 0 Å². The molecule has 32 heavy (non-hydrogen) atoms. The van der Waals surface area contributed by atoms with Crippen LogP contribution in [0, 0.1) is 41.5 Å². The van der Waals surface area contributed by atoms with Crippen molar-refractivity contribution in [2.75, 3.05) is 22.9 Å². The molecule has 0 aromatic heterocycles. The number of hydrogen-bond acceptors (Lipinski definition) is 2. The molecule has 0 saturated carbocycles. The van der Waals surface area contributed by atoms with Crippen molar-refractivity contribution in [1.82, 2.24) is 0 Å². The van der Waals surface area contributed by atoms with Crippen LogP contribution in [0.2, 0.25) is 10.0 Å². The third kappa shape index (κ3) is 2.92. The summed E-state index contributed by atoms with van der Waals surface area (Å²) in [5.74, 6) is 0. The molecule has 1 fully saturated rings. The Morgan fingerprint density at radius 3 is 1.56 bits per heavy atom. The van der Waals surface area contributed by atoms with E-state index in [1.807, 2.05) is 6.07 Å². The predicted molar refractivity (Wildman–Crippen MR) is 138 cm³/mol. The van der Waals surface area contributed by atoms with Crippen LogP contribution in [0.15, 0.2) is 36.4 Å². The fourth-order valence-electron chi connectivity index (χ4n) is 6.38. The molecule has 166 valence electrons. The summed E-state index contributed by atoms with van der Waals surface area (Å²) in [6, 6.07) is 13.2. The van der Waals surface area contributed by atoms with E-state index in [1.54, 1.807) is 0 Å². The van der Waals surface area contributed by atoms with Crippen LogP contribution < -0.4 is 9.80 Å². The van der Waals surface area contributed by atoms with Gasteiger partial charge in [-0.05, 0) is 75.4 Å². The Balaban J connectivity index is 1.78. The SMILES string of the molecule is Cc1cc(C)c(N2CCN(c3c(C)cc(C)cc3C)C23Cc2ccc(Cl)c(Cl)c23)c(C)c1. The molecule has 1 spiro atoms. The van der Waals surface area contributed by atoms with E-state index in [2.05, 4.69) is 81.7 Å². The van der Waals surface area contributed by atoms with Crippen molar-refractivity contribution in [3.63, 3.8) is 0 Å². The molecule has 2 aliphatic rings. The van der Waals surface area contributed by atoms with Gasteiger partial charge in [-0.1, -0.05) is 64.7 Å². The Labute approximate surface area is 201 Å². The number of halogens is 2. The zero-order chi connectivity index (χ0) is 22.9. The minimum Gasteiger partial charge on any atom is -0.342 e. The Morgan fingerprint density at radius 2 is 1.12 bits per heavy atom. The van der Waals surface area contributed by atoms with Crippen molar-refractivity contribution in [3.8, 4) is 0 Å². The summed E-state index contributed by atoms with van der Waals surface area (Å²) in [4.78, 5) is 5.20. The Hall–Kier alpha value is -2.16. The summed E-state index contributed by atoms with van der Waals surface area (Å²) in [5.41, 5.74) is 12.6. The highest BCUT2D eigenvalue weighted by Gasteiger charge is 2.57. The molecule has 2 nitrogen and oxygen atoms in total. The first-order chi connectivity index (χ1) is 15.1. The molecular weight excluding hydrogens is 435 g/mol. The summed E-state index contributed by atoms with van der Waals surface area (Å²) >= 11 is 13.5. The average molecular weight is 465 g/mol. The van der Waals surface area contributed by atoms with Crippen LogP contribution in [-0.4, -0.2) is 13.1 Å². The zero-order valence-electron chi connectivity index (χ0n) is 19.7. The zero-order valence-corrected chi connectivity index (χ0v) is 21.2. The maximum atomic E-state index is 6.93. The highest BCUT2D eigenvalue weighted by molar-refractivity contribution is 6.42. The van der Waals surface area contributed by atoms with E-state index in [0.717, 1.165) is 19.5 Å². The highest BCUT2D eigenvalue weighted by Crippen LogP contribution is 2.57. The van der Waals surface area contributed by atoms with Gasteiger partial charge >= 0.3 is 0 Å². The van der Waals surface area contributed by atoms with Gasteiger partial charge in [0.2, 0.25) is 0 Å². The third-order valence-corrected chi connectivity index (χ3v) is 8.07. The molecule has 1 aliphatic heterocycles. The molecule has 0 N–H and O–H groups in total. The summed E-state index contributed by atoms with van der Waals surface area (Å²) < 4.78 is 0. The standard InChI is InChI=1S/C28H30Cl2N2/c1-16-11-18(3)26(19(4)12-16)31-9-10-32(27-20(5)13-17(2)14-21(27)6)28(31)15-22-7-8-23(29)25(30)24(22)28/h7-8,11-14H,9-10,15H2,1-6H3. The minimum absolute atomic E-state index is 0.327. The molecule has 0 atom stereocenters. The minimum atomic E-state index is -0.327. The monoisotopic (exact) mass is 464 g/mol. The summed E-state index contributed by atoms with van der Waals surface area (Å²) in [7, 11) is 0. The molecule has 5 rings (SSSR count). The average Bonchev–Trinajstić information content (AvgIpc) is 3.03. The van der Waals surface area contributed by atoms with E-state index in [0.29, 0.717) is 10.0 Å². The molecule has 0 unspecified atom stereocenters. The van der Waals surface area contributed by atoms with Crippen LogP contribution in [0.4, 0.5) is 11.4 Å². The largest absolute Gasteiger partial charge is 0.342 e. The molecule has 3 aromatic rings. The topological polar surface area (TPSA) is 6.48 Å². The first kappa shape index (κ1) is 21.7. The molecule has 1 heterocycles. The first-order valence-corrected chi connectivity index (χ1v) is 12.1. The second-order valence-corrected chi connectivity index (χ2v) is 10.5. The lowest BCUT2D eigenvalue weighted by molar-refractivity contribution is 0.387. The van der Waals surface area contributed by atoms with E-state index < -0.39 is 0 Å². The van der Waals surface area contributed by atoms with E-state index in [4.69, 9.17) is 23.2 Å². The maximum absolute atomic E-state index is 6.93. The summed E-state index contributed by atoms with van der Waals surface area (Å²) in [5, 5.41) is 1.32.